The van der Waals surface area contributed by atoms with E-state index in [1.165, 1.54) is 5.56 Å². The van der Waals surface area contributed by atoms with Crippen LogP contribution in [-0.2, 0) is 6.42 Å². The second-order valence-corrected chi connectivity index (χ2v) is 6.05. The predicted octanol–water partition coefficient (Wildman–Crippen LogP) is 3.51. The average Bonchev–Trinajstić information content (AvgIpc) is 2.58. The summed E-state index contributed by atoms with van der Waals surface area (Å²) in [4.78, 5) is 16.3. The van der Waals surface area contributed by atoms with Crippen molar-refractivity contribution < 1.29 is 4.79 Å². The van der Waals surface area contributed by atoms with Crippen molar-refractivity contribution in [3.05, 3.63) is 59.9 Å². The standard InChI is InChI=1S/C19H25N3O/c1-15(2)14-22-17-10-12-20-18(13-17)19(23)21-11-6-9-16-7-4-3-5-8-16/h3-5,7-8,10,12-13,15H,6,9,11,14H2,1-2H3,(H,20,22)(H,21,23). The molecule has 4 nitrogen and oxygen atoms in total. The number of hydrogen-bond acceptors (Lipinski definition) is 3. The number of hydrogen-bond donors (Lipinski definition) is 2. The van der Waals surface area contributed by atoms with Crippen molar-refractivity contribution in [3.63, 3.8) is 0 Å². The van der Waals surface area contributed by atoms with E-state index < -0.39 is 0 Å². The van der Waals surface area contributed by atoms with E-state index in [1.807, 2.05) is 24.3 Å². The van der Waals surface area contributed by atoms with Gasteiger partial charge in [-0.15, -0.1) is 0 Å². The van der Waals surface area contributed by atoms with Crippen LogP contribution in [0.15, 0.2) is 48.7 Å². The van der Waals surface area contributed by atoms with Gasteiger partial charge in [0.15, 0.2) is 0 Å². The van der Waals surface area contributed by atoms with Crippen LogP contribution in [0.5, 0.6) is 0 Å². The van der Waals surface area contributed by atoms with Crippen LogP contribution >= 0.6 is 0 Å². The summed E-state index contributed by atoms with van der Waals surface area (Å²) in [5.41, 5.74) is 2.68. The van der Waals surface area contributed by atoms with Crippen LogP contribution in [0.4, 0.5) is 5.69 Å². The lowest BCUT2D eigenvalue weighted by Gasteiger charge is -2.10. The Balaban J connectivity index is 1.77. The first kappa shape index (κ1) is 17.0. The topological polar surface area (TPSA) is 54.0 Å². The molecule has 0 unspecified atom stereocenters. The number of carbonyl (C=O) groups excluding carboxylic acids is 1. The first-order valence-electron chi connectivity index (χ1n) is 8.17. The van der Waals surface area contributed by atoms with E-state index in [-0.39, 0.29) is 5.91 Å². The highest BCUT2D eigenvalue weighted by atomic mass is 16.1. The van der Waals surface area contributed by atoms with Crippen molar-refractivity contribution in [2.45, 2.75) is 26.7 Å². The average molecular weight is 311 g/mol. The Morgan fingerprint density at radius 1 is 1.17 bits per heavy atom. The Morgan fingerprint density at radius 2 is 1.96 bits per heavy atom. The number of nitrogens with one attached hydrogen (secondary N) is 2. The molecule has 0 saturated carbocycles. The molecular formula is C19H25N3O. The highest BCUT2D eigenvalue weighted by molar-refractivity contribution is 5.93. The normalized spacial score (nSPS) is 10.6. The zero-order valence-electron chi connectivity index (χ0n) is 13.9. The molecule has 122 valence electrons. The highest BCUT2D eigenvalue weighted by Gasteiger charge is 2.07. The van der Waals surface area contributed by atoms with Crippen molar-refractivity contribution >= 4 is 11.6 Å². The van der Waals surface area contributed by atoms with Gasteiger partial charge in [-0.3, -0.25) is 9.78 Å². The quantitative estimate of drug-likeness (QED) is 0.734. The summed E-state index contributed by atoms with van der Waals surface area (Å²) in [5.74, 6) is 0.435. The fourth-order valence-corrected chi connectivity index (χ4v) is 2.22. The Kier molecular flexibility index (Phi) is 6.60. The molecule has 2 aromatic rings. The molecule has 0 radical (unpaired) electrons. The minimum absolute atomic E-state index is 0.119. The number of amides is 1. The fraction of sp³-hybridized carbons (Fsp3) is 0.368. The van der Waals surface area contributed by atoms with Crippen molar-refractivity contribution in [1.29, 1.82) is 0 Å². The van der Waals surface area contributed by atoms with Crippen LogP contribution < -0.4 is 10.6 Å². The van der Waals surface area contributed by atoms with Gasteiger partial charge in [0.1, 0.15) is 5.69 Å². The van der Waals surface area contributed by atoms with Gasteiger partial charge in [-0.25, -0.2) is 0 Å². The minimum atomic E-state index is -0.119. The molecule has 1 aromatic carbocycles. The Hall–Kier alpha value is -2.36. The number of carbonyl (C=O) groups is 1. The number of aromatic nitrogens is 1. The second-order valence-electron chi connectivity index (χ2n) is 6.05. The lowest BCUT2D eigenvalue weighted by atomic mass is 10.1. The molecule has 0 spiro atoms. The van der Waals surface area contributed by atoms with Gasteiger partial charge in [-0.05, 0) is 36.5 Å². The van der Waals surface area contributed by atoms with Gasteiger partial charge in [0.25, 0.3) is 5.91 Å². The maximum atomic E-state index is 12.1. The van der Waals surface area contributed by atoms with Gasteiger partial charge in [0.2, 0.25) is 0 Å². The van der Waals surface area contributed by atoms with E-state index in [0.717, 1.165) is 25.1 Å². The largest absolute Gasteiger partial charge is 0.385 e. The van der Waals surface area contributed by atoms with Crippen LogP contribution in [0, 0.1) is 5.92 Å². The summed E-state index contributed by atoms with van der Waals surface area (Å²) in [5, 5.41) is 6.24. The summed E-state index contributed by atoms with van der Waals surface area (Å²) in [6.07, 6.45) is 3.55. The highest BCUT2D eigenvalue weighted by Crippen LogP contribution is 2.09. The molecule has 1 heterocycles. The summed E-state index contributed by atoms with van der Waals surface area (Å²) in [7, 11) is 0. The van der Waals surface area contributed by atoms with Gasteiger partial charge in [-0.1, -0.05) is 44.2 Å². The predicted molar refractivity (Wildman–Crippen MR) is 94.7 cm³/mol. The number of rotatable bonds is 8. The maximum Gasteiger partial charge on any atom is 0.269 e. The first-order chi connectivity index (χ1) is 11.1. The zero-order valence-corrected chi connectivity index (χ0v) is 13.9. The molecule has 2 N–H and O–H groups in total. The van der Waals surface area contributed by atoms with Crippen molar-refractivity contribution in [2.24, 2.45) is 5.92 Å². The molecule has 0 fully saturated rings. The number of anilines is 1. The third kappa shape index (κ3) is 6.10. The minimum Gasteiger partial charge on any atom is -0.385 e. The van der Waals surface area contributed by atoms with Crippen LogP contribution in [0.25, 0.3) is 0 Å². The number of pyridine rings is 1. The van der Waals surface area contributed by atoms with Crippen molar-refractivity contribution in [2.75, 3.05) is 18.4 Å². The number of nitrogens with zero attached hydrogens (tertiary/aromatic N) is 1. The second kappa shape index (κ2) is 8.93. The molecule has 0 bridgehead atoms. The molecule has 0 aliphatic rings. The van der Waals surface area contributed by atoms with E-state index in [0.29, 0.717) is 18.2 Å². The molecule has 4 heteroatoms. The number of benzene rings is 1. The molecule has 1 amide bonds. The van der Waals surface area contributed by atoms with Crippen LogP contribution in [0.2, 0.25) is 0 Å². The number of aryl methyl sites for hydroxylation is 1. The van der Waals surface area contributed by atoms with Crippen LogP contribution in [0.3, 0.4) is 0 Å². The van der Waals surface area contributed by atoms with Crippen molar-refractivity contribution in [3.8, 4) is 0 Å². The molecule has 0 atom stereocenters. The van der Waals surface area contributed by atoms with Gasteiger partial charge in [0.05, 0.1) is 0 Å². The third-order valence-electron chi connectivity index (χ3n) is 3.48. The van der Waals surface area contributed by atoms with E-state index in [9.17, 15) is 4.79 Å². The monoisotopic (exact) mass is 311 g/mol. The molecule has 2 rings (SSSR count). The SMILES string of the molecule is CC(C)CNc1ccnc(C(=O)NCCCc2ccccc2)c1. The zero-order chi connectivity index (χ0) is 16.5. The van der Waals surface area contributed by atoms with Gasteiger partial charge < -0.3 is 10.6 Å². The summed E-state index contributed by atoms with van der Waals surface area (Å²) < 4.78 is 0. The van der Waals surface area contributed by atoms with E-state index in [2.05, 4.69) is 41.6 Å². The Labute approximate surface area is 138 Å². The lowest BCUT2D eigenvalue weighted by molar-refractivity contribution is 0.0948. The third-order valence-corrected chi connectivity index (χ3v) is 3.48. The van der Waals surface area contributed by atoms with E-state index in [1.54, 1.807) is 12.3 Å². The van der Waals surface area contributed by atoms with E-state index in [4.69, 9.17) is 0 Å². The van der Waals surface area contributed by atoms with Gasteiger partial charge in [-0.2, -0.15) is 0 Å². The van der Waals surface area contributed by atoms with Crippen LogP contribution in [-0.4, -0.2) is 24.0 Å². The van der Waals surface area contributed by atoms with Crippen LogP contribution in [0.1, 0.15) is 36.3 Å². The Bertz CT molecular complexity index is 611. The van der Waals surface area contributed by atoms with Gasteiger partial charge >= 0.3 is 0 Å². The summed E-state index contributed by atoms with van der Waals surface area (Å²) >= 11 is 0. The van der Waals surface area contributed by atoms with Gasteiger partial charge in [0, 0.05) is 25.0 Å². The van der Waals surface area contributed by atoms with E-state index >= 15 is 0 Å². The molecular weight excluding hydrogens is 286 g/mol. The fourth-order valence-electron chi connectivity index (χ4n) is 2.22. The smallest absolute Gasteiger partial charge is 0.269 e. The molecule has 0 saturated heterocycles. The molecule has 23 heavy (non-hydrogen) atoms. The first-order valence-corrected chi connectivity index (χ1v) is 8.17. The van der Waals surface area contributed by atoms with Crippen molar-refractivity contribution in [1.82, 2.24) is 10.3 Å². The molecule has 0 aliphatic heterocycles. The maximum absolute atomic E-state index is 12.1. The molecule has 0 aliphatic carbocycles. The molecule has 1 aromatic heterocycles. The lowest BCUT2D eigenvalue weighted by Crippen LogP contribution is -2.25. The summed E-state index contributed by atoms with van der Waals surface area (Å²) in [6, 6.07) is 14.0. The Morgan fingerprint density at radius 3 is 2.70 bits per heavy atom. The summed E-state index contributed by atoms with van der Waals surface area (Å²) in [6.45, 7) is 5.82.